The summed E-state index contributed by atoms with van der Waals surface area (Å²) < 4.78 is 7.81. The van der Waals surface area contributed by atoms with Crippen molar-refractivity contribution in [2.24, 2.45) is 0 Å². The first-order chi connectivity index (χ1) is 14.1. The Balaban J connectivity index is 1.47. The van der Waals surface area contributed by atoms with E-state index in [2.05, 4.69) is 31.6 Å². The molecule has 4 rings (SSSR count). The minimum absolute atomic E-state index is 0.180. The predicted octanol–water partition coefficient (Wildman–Crippen LogP) is 4.96. The molecule has 1 aromatic heterocycles. The molecule has 1 amide bonds. The zero-order chi connectivity index (χ0) is 20.2. The predicted molar refractivity (Wildman–Crippen MR) is 115 cm³/mol. The van der Waals surface area contributed by atoms with E-state index in [1.54, 1.807) is 36.1 Å². The molecule has 0 fully saturated rings. The number of methoxy groups -OCH3 is 1. The van der Waals surface area contributed by atoms with E-state index in [9.17, 15) is 4.79 Å². The average molecular weight is 449 g/mol. The summed E-state index contributed by atoms with van der Waals surface area (Å²) in [5, 5.41) is 11.3. The molecular weight excluding hydrogens is 432 g/mol. The summed E-state index contributed by atoms with van der Waals surface area (Å²) in [6.07, 6.45) is 1.87. The fourth-order valence-electron chi connectivity index (χ4n) is 2.81. The zero-order valence-corrected chi connectivity index (χ0v) is 17.1. The maximum absolute atomic E-state index is 12.4. The highest BCUT2D eigenvalue weighted by Crippen LogP contribution is 2.22. The van der Waals surface area contributed by atoms with E-state index in [-0.39, 0.29) is 5.91 Å². The Morgan fingerprint density at radius 2 is 1.79 bits per heavy atom. The Kier molecular flexibility index (Phi) is 5.39. The van der Waals surface area contributed by atoms with Crippen molar-refractivity contribution < 1.29 is 9.53 Å². The molecule has 0 saturated carbocycles. The van der Waals surface area contributed by atoms with Crippen molar-refractivity contribution in [3.8, 4) is 22.7 Å². The Labute approximate surface area is 176 Å². The average Bonchev–Trinajstić information content (AvgIpc) is 3.25. The molecule has 0 unspecified atom stereocenters. The van der Waals surface area contributed by atoms with E-state index in [4.69, 9.17) is 4.74 Å². The lowest BCUT2D eigenvalue weighted by Gasteiger charge is -2.07. The molecule has 0 aliphatic rings. The molecule has 0 bridgehead atoms. The molecule has 0 atom stereocenters. The van der Waals surface area contributed by atoms with Gasteiger partial charge < -0.3 is 10.1 Å². The zero-order valence-electron chi connectivity index (χ0n) is 15.5. The van der Waals surface area contributed by atoms with Crippen LogP contribution in [0.3, 0.4) is 0 Å². The van der Waals surface area contributed by atoms with Crippen LogP contribution in [-0.4, -0.2) is 28.0 Å². The minimum atomic E-state index is -0.180. The van der Waals surface area contributed by atoms with Crippen molar-refractivity contribution in [1.29, 1.82) is 0 Å². The van der Waals surface area contributed by atoms with Gasteiger partial charge in [-0.25, -0.2) is 4.68 Å². The van der Waals surface area contributed by atoms with Gasteiger partial charge in [-0.3, -0.25) is 4.79 Å². The van der Waals surface area contributed by atoms with Gasteiger partial charge in [0, 0.05) is 21.3 Å². The normalized spacial score (nSPS) is 10.6. The van der Waals surface area contributed by atoms with Gasteiger partial charge in [-0.2, -0.15) is 0 Å². The lowest BCUT2D eigenvalue weighted by molar-refractivity contribution is 0.102. The number of nitrogens with one attached hydrogen (secondary N) is 1. The molecule has 0 saturated heterocycles. The first-order valence-corrected chi connectivity index (χ1v) is 9.66. The van der Waals surface area contributed by atoms with E-state index < -0.39 is 0 Å². The number of hydrogen-bond acceptors (Lipinski definition) is 4. The summed E-state index contributed by atoms with van der Waals surface area (Å²) in [5.41, 5.74) is 3.84. The number of carbonyl (C=O) groups is 1. The number of halogens is 1. The van der Waals surface area contributed by atoms with E-state index >= 15 is 0 Å². The standard InChI is InChI=1S/C22H17BrN4O2/c1-29-20-11-7-16(8-12-20)22(28)24-18-9-5-15(6-10-18)21-14-27(26-25-21)19-4-2-3-17(23)13-19/h2-14H,1H3,(H,24,28). The van der Waals surface area contributed by atoms with Crippen LogP contribution in [0.15, 0.2) is 83.5 Å². The number of carbonyl (C=O) groups excluding carboxylic acids is 1. The third kappa shape index (κ3) is 4.35. The van der Waals surface area contributed by atoms with Crippen LogP contribution < -0.4 is 10.1 Å². The van der Waals surface area contributed by atoms with Crippen molar-refractivity contribution >= 4 is 27.5 Å². The summed E-state index contributed by atoms with van der Waals surface area (Å²) in [6.45, 7) is 0. The number of nitrogens with zero attached hydrogens (tertiary/aromatic N) is 3. The molecule has 1 N–H and O–H groups in total. The number of rotatable bonds is 5. The minimum Gasteiger partial charge on any atom is -0.497 e. The fraction of sp³-hybridized carbons (Fsp3) is 0.0455. The second-order valence-corrected chi connectivity index (χ2v) is 7.20. The number of amides is 1. The first-order valence-electron chi connectivity index (χ1n) is 8.86. The smallest absolute Gasteiger partial charge is 0.255 e. The van der Waals surface area contributed by atoms with Crippen LogP contribution in [0, 0.1) is 0 Å². The fourth-order valence-corrected chi connectivity index (χ4v) is 3.20. The van der Waals surface area contributed by atoms with Gasteiger partial charge in [0.2, 0.25) is 0 Å². The number of ether oxygens (including phenoxy) is 1. The van der Waals surface area contributed by atoms with E-state index in [0.717, 1.165) is 21.4 Å². The second kappa shape index (κ2) is 8.28. The van der Waals surface area contributed by atoms with E-state index in [1.807, 2.05) is 54.7 Å². The lowest BCUT2D eigenvalue weighted by atomic mass is 10.1. The molecular formula is C22H17BrN4O2. The van der Waals surface area contributed by atoms with Gasteiger partial charge in [0.15, 0.2) is 0 Å². The largest absolute Gasteiger partial charge is 0.497 e. The van der Waals surface area contributed by atoms with E-state index in [1.165, 1.54) is 0 Å². The van der Waals surface area contributed by atoms with Crippen LogP contribution in [0.25, 0.3) is 16.9 Å². The molecule has 0 radical (unpaired) electrons. The van der Waals surface area contributed by atoms with Crippen molar-refractivity contribution in [3.05, 3.63) is 89.0 Å². The van der Waals surface area contributed by atoms with Crippen LogP contribution >= 0.6 is 15.9 Å². The monoisotopic (exact) mass is 448 g/mol. The molecule has 29 heavy (non-hydrogen) atoms. The van der Waals surface area contributed by atoms with Crippen molar-refractivity contribution in [3.63, 3.8) is 0 Å². The number of anilines is 1. The highest BCUT2D eigenvalue weighted by molar-refractivity contribution is 9.10. The third-order valence-electron chi connectivity index (χ3n) is 4.36. The molecule has 0 aliphatic heterocycles. The van der Waals surface area contributed by atoms with Gasteiger partial charge >= 0.3 is 0 Å². The second-order valence-electron chi connectivity index (χ2n) is 6.29. The van der Waals surface area contributed by atoms with Gasteiger partial charge in [0.25, 0.3) is 5.91 Å². The maximum Gasteiger partial charge on any atom is 0.255 e. The van der Waals surface area contributed by atoms with Gasteiger partial charge in [-0.05, 0) is 54.6 Å². The Morgan fingerprint density at radius 3 is 2.48 bits per heavy atom. The summed E-state index contributed by atoms with van der Waals surface area (Å²) in [6, 6.07) is 22.3. The first kappa shape index (κ1) is 18.9. The SMILES string of the molecule is COc1ccc(C(=O)Nc2ccc(-c3cn(-c4cccc(Br)c4)nn3)cc2)cc1. The number of benzene rings is 3. The third-order valence-corrected chi connectivity index (χ3v) is 4.85. The maximum atomic E-state index is 12.4. The summed E-state index contributed by atoms with van der Waals surface area (Å²) in [7, 11) is 1.59. The number of aromatic nitrogens is 3. The Bertz CT molecular complexity index is 1140. The topological polar surface area (TPSA) is 69.0 Å². The Hall–Kier alpha value is -3.45. The molecule has 6 nitrogen and oxygen atoms in total. The van der Waals surface area contributed by atoms with Gasteiger partial charge in [0.1, 0.15) is 11.4 Å². The van der Waals surface area contributed by atoms with Crippen LogP contribution in [0.2, 0.25) is 0 Å². The van der Waals surface area contributed by atoms with Crippen LogP contribution in [-0.2, 0) is 0 Å². The molecule has 3 aromatic carbocycles. The molecule has 1 heterocycles. The van der Waals surface area contributed by atoms with Gasteiger partial charge in [-0.15, -0.1) is 5.10 Å². The van der Waals surface area contributed by atoms with Crippen molar-refractivity contribution in [2.45, 2.75) is 0 Å². The summed E-state index contributed by atoms with van der Waals surface area (Å²) in [5.74, 6) is 0.530. The lowest BCUT2D eigenvalue weighted by Crippen LogP contribution is -2.11. The highest BCUT2D eigenvalue weighted by Gasteiger charge is 2.09. The Morgan fingerprint density at radius 1 is 1.03 bits per heavy atom. The summed E-state index contributed by atoms with van der Waals surface area (Å²) >= 11 is 3.46. The van der Waals surface area contributed by atoms with Gasteiger partial charge in [-0.1, -0.05) is 39.3 Å². The molecule has 7 heteroatoms. The summed E-state index contributed by atoms with van der Waals surface area (Å²) in [4.78, 5) is 12.4. The number of hydrogen-bond donors (Lipinski definition) is 1. The molecule has 0 aliphatic carbocycles. The highest BCUT2D eigenvalue weighted by atomic mass is 79.9. The van der Waals surface area contributed by atoms with Crippen molar-refractivity contribution in [1.82, 2.24) is 15.0 Å². The molecule has 144 valence electrons. The van der Waals surface area contributed by atoms with Gasteiger partial charge in [0.05, 0.1) is 19.0 Å². The van der Waals surface area contributed by atoms with Crippen LogP contribution in [0.5, 0.6) is 5.75 Å². The van der Waals surface area contributed by atoms with Crippen LogP contribution in [0.4, 0.5) is 5.69 Å². The van der Waals surface area contributed by atoms with Crippen LogP contribution in [0.1, 0.15) is 10.4 Å². The molecule has 4 aromatic rings. The van der Waals surface area contributed by atoms with E-state index in [0.29, 0.717) is 17.0 Å². The molecule has 0 spiro atoms. The van der Waals surface area contributed by atoms with Crippen molar-refractivity contribution in [2.75, 3.05) is 12.4 Å². The quantitative estimate of drug-likeness (QED) is 0.468.